The van der Waals surface area contributed by atoms with Crippen molar-refractivity contribution in [2.24, 2.45) is 0 Å². The lowest BCUT2D eigenvalue weighted by atomic mass is 10.1. The standard InChI is InChI=1S/C21H20Cl2N4O3/c1-2-29-18-5-3-14(4-6-18)19-7-8-20(27-26-19)30-10-9-24-21(28)25-17-12-15(22)11-16(23)13-17/h3-8,11-13H,2,9-10H2,1H3,(H2,24,25,28). The van der Waals surface area contributed by atoms with Crippen molar-refractivity contribution in [3.05, 3.63) is 64.6 Å². The number of hydrogen-bond acceptors (Lipinski definition) is 5. The molecule has 0 aliphatic carbocycles. The van der Waals surface area contributed by atoms with Crippen LogP contribution in [0.4, 0.5) is 10.5 Å². The van der Waals surface area contributed by atoms with E-state index in [4.69, 9.17) is 32.7 Å². The van der Waals surface area contributed by atoms with Crippen LogP contribution in [0.5, 0.6) is 11.6 Å². The number of amides is 2. The summed E-state index contributed by atoms with van der Waals surface area (Å²) in [6, 6.07) is 15.6. The van der Waals surface area contributed by atoms with Gasteiger partial charge in [0.15, 0.2) is 0 Å². The Morgan fingerprint density at radius 2 is 1.70 bits per heavy atom. The van der Waals surface area contributed by atoms with E-state index in [2.05, 4.69) is 20.8 Å². The summed E-state index contributed by atoms with van der Waals surface area (Å²) in [5, 5.41) is 14.4. The quantitative estimate of drug-likeness (QED) is 0.472. The van der Waals surface area contributed by atoms with Gasteiger partial charge in [0.05, 0.1) is 18.8 Å². The van der Waals surface area contributed by atoms with Gasteiger partial charge in [-0.25, -0.2) is 4.79 Å². The summed E-state index contributed by atoms with van der Waals surface area (Å²) >= 11 is 11.8. The highest BCUT2D eigenvalue weighted by atomic mass is 35.5. The Hall–Kier alpha value is -3.03. The first kappa shape index (κ1) is 21.7. The highest BCUT2D eigenvalue weighted by molar-refractivity contribution is 6.35. The third-order valence-electron chi connectivity index (χ3n) is 3.86. The van der Waals surface area contributed by atoms with Gasteiger partial charge in [-0.2, -0.15) is 0 Å². The summed E-state index contributed by atoms with van der Waals surface area (Å²) in [5.41, 5.74) is 2.15. The predicted molar refractivity (Wildman–Crippen MR) is 118 cm³/mol. The zero-order chi connectivity index (χ0) is 21.3. The molecule has 0 unspecified atom stereocenters. The average Bonchev–Trinajstić information content (AvgIpc) is 2.72. The van der Waals surface area contributed by atoms with Gasteiger partial charge >= 0.3 is 6.03 Å². The van der Waals surface area contributed by atoms with E-state index in [0.717, 1.165) is 17.0 Å². The number of carbonyl (C=O) groups excluding carboxylic acids is 1. The van der Waals surface area contributed by atoms with Gasteiger partial charge < -0.3 is 20.1 Å². The van der Waals surface area contributed by atoms with E-state index >= 15 is 0 Å². The first-order chi connectivity index (χ1) is 14.5. The molecule has 0 bridgehead atoms. The largest absolute Gasteiger partial charge is 0.494 e. The number of ether oxygens (including phenoxy) is 2. The van der Waals surface area contributed by atoms with E-state index < -0.39 is 6.03 Å². The molecule has 3 rings (SSSR count). The molecule has 0 aliphatic rings. The van der Waals surface area contributed by atoms with E-state index in [9.17, 15) is 4.79 Å². The van der Waals surface area contributed by atoms with E-state index in [-0.39, 0.29) is 13.2 Å². The molecule has 2 aromatic carbocycles. The van der Waals surface area contributed by atoms with Crippen molar-refractivity contribution < 1.29 is 14.3 Å². The number of hydrogen-bond donors (Lipinski definition) is 2. The highest BCUT2D eigenvalue weighted by Gasteiger charge is 2.05. The first-order valence-electron chi connectivity index (χ1n) is 9.24. The lowest BCUT2D eigenvalue weighted by Crippen LogP contribution is -2.32. The van der Waals surface area contributed by atoms with Gasteiger partial charge in [-0.1, -0.05) is 23.2 Å². The topological polar surface area (TPSA) is 85.4 Å². The summed E-state index contributed by atoms with van der Waals surface area (Å²) in [6.45, 7) is 3.08. The van der Waals surface area contributed by atoms with Crippen LogP contribution in [0.1, 0.15) is 6.92 Å². The van der Waals surface area contributed by atoms with E-state index in [1.807, 2.05) is 37.3 Å². The van der Waals surface area contributed by atoms with Gasteiger partial charge in [0, 0.05) is 27.4 Å². The molecule has 7 nitrogen and oxygen atoms in total. The number of anilines is 1. The van der Waals surface area contributed by atoms with Crippen LogP contribution in [0.2, 0.25) is 10.0 Å². The van der Waals surface area contributed by atoms with E-state index in [0.29, 0.717) is 28.2 Å². The predicted octanol–water partition coefficient (Wildman–Crippen LogP) is 5.05. The Morgan fingerprint density at radius 1 is 0.967 bits per heavy atom. The Morgan fingerprint density at radius 3 is 2.33 bits per heavy atom. The van der Waals surface area contributed by atoms with Crippen molar-refractivity contribution in [2.75, 3.05) is 25.1 Å². The van der Waals surface area contributed by atoms with Crippen LogP contribution in [-0.2, 0) is 0 Å². The van der Waals surface area contributed by atoms with Gasteiger partial charge in [0.1, 0.15) is 12.4 Å². The Kier molecular flexibility index (Phi) is 7.70. The number of urea groups is 1. The molecular formula is C21H20Cl2N4O3. The summed E-state index contributed by atoms with van der Waals surface area (Å²) in [4.78, 5) is 11.9. The van der Waals surface area contributed by atoms with Gasteiger partial charge in [-0.15, -0.1) is 10.2 Å². The molecular weight excluding hydrogens is 427 g/mol. The van der Waals surface area contributed by atoms with Crippen LogP contribution in [0.15, 0.2) is 54.6 Å². The van der Waals surface area contributed by atoms with Crippen molar-refractivity contribution in [1.82, 2.24) is 15.5 Å². The summed E-state index contributed by atoms with van der Waals surface area (Å²) in [7, 11) is 0. The van der Waals surface area contributed by atoms with Crippen molar-refractivity contribution >= 4 is 34.9 Å². The zero-order valence-electron chi connectivity index (χ0n) is 16.2. The Labute approximate surface area is 184 Å². The number of carbonyl (C=O) groups is 1. The van der Waals surface area contributed by atoms with E-state index in [1.54, 1.807) is 24.3 Å². The third-order valence-corrected chi connectivity index (χ3v) is 4.30. The maximum atomic E-state index is 11.9. The molecule has 0 aliphatic heterocycles. The lowest BCUT2D eigenvalue weighted by Gasteiger charge is -2.09. The SMILES string of the molecule is CCOc1ccc(-c2ccc(OCCNC(=O)Nc3cc(Cl)cc(Cl)c3)nn2)cc1. The number of nitrogens with zero attached hydrogens (tertiary/aromatic N) is 2. The number of aromatic nitrogens is 2. The molecule has 156 valence electrons. The van der Waals surface area contributed by atoms with Crippen molar-refractivity contribution in [3.63, 3.8) is 0 Å². The number of nitrogens with one attached hydrogen (secondary N) is 2. The maximum absolute atomic E-state index is 11.9. The minimum Gasteiger partial charge on any atom is -0.494 e. The molecule has 1 aromatic heterocycles. The van der Waals surface area contributed by atoms with Gasteiger partial charge in [-0.05, 0) is 55.5 Å². The van der Waals surface area contributed by atoms with Crippen LogP contribution in [0.25, 0.3) is 11.3 Å². The molecule has 9 heteroatoms. The van der Waals surface area contributed by atoms with Crippen molar-refractivity contribution in [1.29, 1.82) is 0 Å². The van der Waals surface area contributed by atoms with Crippen molar-refractivity contribution in [2.45, 2.75) is 6.92 Å². The molecule has 3 aromatic rings. The molecule has 0 saturated heterocycles. The molecule has 1 heterocycles. The minimum absolute atomic E-state index is 0.237. The molecule has 0 saturated carbocycles. The van der Waals surface area contributed by atoms with Gasteiger partial charge in [-0.3, -0.25) is 0 Å². The van der Waals surface area contributed by atoms with Crippen LogP contribution in [0.3, 0.4) is 0 Å². The normalized spacial score (nSPS) is 10.4. The fourth-order valence-electron chi connectivity index (χ4n) is 2.56. The fourth-order valence-corrected chi connectivity index (χ4v) is 3.09. The average molecular weight is 447 g/mol. The van der Waals surface area contributed by atoms with Crippen molar-refractivity contribution in [3.8, 4) is 22.9 Å². The fraction of sp³-hybridized carbons (Fsp3) is 0.190. The summed E-state index contributed by atoms with van der Waals surface area (Å²) < 4.78 is 10.9. The lowest BCUT2D eigenvalue weighted by molar-refractivity contribution is 0.246. The second-order valence-electron chi connectivity index (χ2n) is 6.10. The molecule has 30 heavy (non-hydrogen) atoms. The second kappa shape index (κ2) is 10.7. The van der Waals surface area contributed by atoms with Crippen LogP contribution in [0, 0.1) is 0 Å². The van der Waals surface area contributed by atoms with Gasteiger partial charge in [0.25, 0.3) is 0 Å². The Balaban J connectivity index is 1.43. The van der Waals surface area contributed by atoms with E-state index in [1.165, 1.54) is 0 Å². The first-order valence-corrected chi connectivity index (χ1v) is 10.00. The molecule has 0 spiro atoms. The molecule has 0 radical (unpaired) electrons. The molecule has 2 amide bonds. The van der Waals surface area contributed by atoms with Crippen LogP contribution < -0.4 is 20.1 Å². The minimum atomic E-state index is -0.395. The maximum Gasteiger partial charge on any atom is 0.319 e. The number of benzene rings is 2. The van der Waals surface area contributed by atoms with Crippen LogP contribution in [-0.4, -0.2) is 36.0 Å². The monoisotopic (exact) mass is 446 g/mol. The highest BCUT2D eigenvalue weighted by Crippen LogP contribution is 2.23. The Bertz CT molecular complexity index is 962. The zero-order valence-corrected chi connectivity index (χ0v) is 17.7. The third kappa shape index (κ3) is 6.50. The number of halogens is 2. The van der Waals surface area contributed by atoms with Gasteiger partial charge in [0.2, 0.25) is 5.88 Å². The molecule has 2 N–H and O–H groups in total. The number of rotatable bonds is 8. The smallest absolute Gasteiger partial charge is 0.319 e. The summed E-state index contributed by atoms with van der Waals surface area (Å²) in [5.74, 6) is 1.18. The second-order valence-corrected chi connectivity index (χ2v) is 6.97. The van der Waals surface area contributed by atoms with Crippen LogP contribution >= 0.6 is 23.2 Å². The molecule has 0 atom stereocenters. The summed E-state index contributed by atoms with van der Waals surface area (Å²) in [6.07, 6.45) is 0. The molecule has 0 fully saturated rings.